The van der Waals surface area contributed by atoms with E-state index in [0.717, 1.165) is 12.1 Å². The third-order valence-corrected chi connectivity index (χ3v) is 2.12. The van der Waals surface area contributed by atoms with Gasteiger partial charge in [-0.05, 0) is 19.1 Å². The summed E-state index contributed by atoms with van der Waals surface area (Å²) >= 11 is 0. The fourth-order valence-corrected chi connectivity index (χ4v) is 1.06. The van der Waals surface area contributed by atoms with Crippen LogP contribution in [0.25, 0.3) is 0 Å². The summed E-state index contributed by atoms with van der Waals surface area (Å²) in [6.45, 7) is -0.337. The fourth-order valence-electron chi connectivity index (χ4n) is 1.06. The predicted octanol–water partition coefficient (Wildman–Crippen LogP) is 1.47. The summed E-state index contributed by atoms with van der Waals surface area (Å²) < 4.78 is 16.9. The van der Waals surface area contributed by atoms with Crippen molar-refractivity contribution in [2.24, 2.45) is 0 Å². The van der Waals surface area contributed by atoms with Crippen LogP contribution in [-0.4, -0.2) is 34.9 Å². The van der Waals surface area contributed by atoms with Crippen LogP contribution < -0.4 is 0 Å². The van der Waals surface area contributed by atoms with Gasteiger partial charge in [-0.1, -0.05) is 0 Å². The summed E-state index contributed by atoms with van der Waals surface area (Å²) in [5.74, 6) is -0.779. The van der Waals surface area contributed by atoms with Crippen LogP contribution in [0.4, 0.5) is 10.1 Å². The van der Waals surface area contributed by atoms with E-state index in [4.69, 9.17) is 0 Å². The number of carbonyl (C=O) groups is 1. The van der Waals surface area contributed by atoms with Crippen molar-refractivity contribution >= 4 is 11.7 Å². The van der Waals surface area contributed by atoms with Gasteiger partial charge in [0.2, 0.25) is 0 Å². The van der Waals surface area contributed by atoms with Crippen molar-refractivity contribution in [1.82, 2.24) is 0 Å². The number of nitro benzene ring substituents is 1. The molecule has 0 unspecified atom stereocenters. The molecule has 0 radical (unpaired) electrons. The molecule has 0 bridgehead atoms. The average molecular weight is 257 g/mol. The van der Waals surface area contributed by atoms with Crippen LogP contribution in [0.3, 0.4) is 0 Å². The second-order valence-corrected chi connectivity index (χ2v) is 4.01. The van der Waals surface area contributed by atoms with E-state index in [9.17, 15) is 24.4 Å². The zero-order chi connectivity index (χ0) is 13.8. The van der Waals surface area contributed by atoms with Crippen molar-refractivity contribution in [2.45, 2.75) is 12.5 Å². The van der Waals surface area contributed by atoms with E-state index in [2.05, 4.69) is 4.74 Å². The number of non-ortho nitro benzene ring substituents is 1. The molecule has 0 saturated carbocycles. The Kier molecular flexibility index (Phi) is 4.33. The molecule has 1 aromatic carbocycles. The Labute approximate surface area is 102 Å². The first-order valence-corrected chi connectivity index (χ1v) is 5.06. The maximum Gasteiger partial charge on any atom is 0.338 e. The van der Waals surface area contributed by atoms with Crippen molar-refractivity contribution < 1.29 is 24.0 Å². The van der Waals surface area contributed by atoms with E-state index in [0.29, 0.717) is 0 Å². The molecule has 0 heterocycles. The summed E-state index contributed by atoms with van der Waals surface area (Å²) in [7, 11) is 0. The van der Waals surface area contributed by atoms with Gasteiger partial charge in [-0.25, -0.2) is 9.18 Å². The molecule has 18 heavy (non-hydrogen) atoms. The molecule has 0 aromatic heterocycles. The van der Waals surface area contributed by atoms with Gasteiger partial charge in [-0.3, -0.25) is 10.1 Å². The van der Waals surface area contributed by atoms with Crippen LogP contribution >= 0.6 is 0 Å². The van der Waals surface area contributed by atoms with Gasteiger partial charge in [0.05, 0.1) is 10.5 Å². The molecule has 98 valence electrons. The van der Waals surface area contributed by atoms with E-state index >= 15 is 0 Å². The van der Waals surface area contributed by atoms with E-state index in [1.807, 2.05) is 0 Å². The first-order valence-electron chi connectivity index (χ1n) is 5.06. The summed E-state index contributed by atoms with van der Waals surface area (Å²) in [6, 6.07) is 4.77. The number of hydrogen-bond donors (Lipinski definition) is 1. The van der Waals surface area contributed by atoms with Gasteiger partial charge in [-0.2, -0.15) is 0 Å². The lowest BCUT2D eigenvalue weighted by molar-refractivity contribution is -0.384. The first-order chi connectivity index (χ1) is 8.35. The van der Waals surface area contributed by atoms with Crippen LogP contribution in [0.5, 0.6) is 0 Å². The van der Waals surface area contributed by atoms with Gasteiger partial charge < -0.3 is 9.84 Å². The topological polar surface area (TPSA) is 89.7 Å². The number of nitrogens with zero attached hydrogens (tertiary/aromatic N) is 1. The Morgan fingerprint density at radius 1 is 1.50 bits per heavy atom. The van der Waals surface area contributed by atoms with Gasteiger partial charge in [-0.15, -0.1) is 0 Å². The Hall–Kier alpha value is -2.02. The van der Waals surface area contributed by atoms with E-state index in [1.54, 1.807) is 0 Å². The number of rotatable bonds is 5. The molecule has 0 aliphatic rings. The summed E-state index contributed by atoms with van der Waals surface area (Å²) in [5, 5.41) is 19.7. The second kappa shape index (κ2) is 5.54. The van der Waals surface area contributed by atoms with E-state index in [-0.39, 0.29) is 11.3 Å². The third kappa shape index (κ3) is 3.77. The summed E-state index contributed by atoms with van der Waals surface area (Å²) in [5.41, 5.74) is -1.78. The number of nitro groups is 1. The molecule has 7 heteroatoms. The lowest BCUT2D eigenvalue weighted by atomic mass is 10.1. The van der Waals surface area contributed by atoms with Crippen molar-refractivity contribution in [1.29, 1.82) is 0 Å². The van der Waals surface area contributed by atoms with Crippen molar-refractivity contribution in [2.75, 3.05) is 13.3 Å². The molecule has 0 aliphatic carbocycles. The molecule has 0 fully saturated rings. The lowest BCUT2D eigenvalue weighted by Gasteiger charge is -2.18. The Morgan fingerprint density at radius 2 is 2.06 bits per heavy atom. The van der Waals surface area contributed by atoms with Crippen molar-refractivity contribution in [3.05, 3.63) is 39.9 Å². The smallest absolute Gasteiger partial charge is 0.338 e. The minimum absolute atomic E-state index is 0.0928. The Bertz CT molecular complexity index is 443. The highest BCUT2D eigenvalue weighted by Gasteiger charge is 2.23. The molecule has 1 rings (SSSR count). The quantitative estimate of drug-likeness (QED) is 0.490. The SMILES string of the molecule is C[C@](O)(CF)COC(=O)c1ccc([N+](=O)[O-])cc1. The Morgan fingerprint density at radius 3 is 2.50 bits per heavy atom. The maximum atomic E-state index is 12.2. The molecular weight excluding hydrogens is 245 g/mol. The fraction of sp³-hybridized carbons (Fsp3) is 0.364. The molecule has 0 amide bonds. The molecular formula is C11H12FNO5. The number of carbonyl (C=O) groups excluding carboxylic acids is 1. The molecule has 1 atom stereocenters. The van der Waals surface area contributed by atoms with Crippen LogP contribution in [-0.2, 0) is 4.74 Å². The standard InChI is InChI=1S/C11H12FNO5/c1-11(15,6-12)7-18-10(14)8-2-4-9(5-3-8)13(16)17/h2-5,15H,6-7H2,1H3/t11-/m0/s1. The van der Waals surface area contributed by atoms with E-state index in [1.165, 1.54) is 19.1 Å². The predicted molar refractivity (Wildman–Crippen MR) is 60.0 cm³/mol. The number of benzene rings is 1. The van der Waals surface area contributed by atoms with Crippen molar-refractivity contribution in [3.63, 3.8) is 0 Å². The first kappa shape index (κ1) is 14.0. The number of ether oxygens (including phenoxy) is 1. The highest BCUT2D eigenvalue weighted by atomic mass is 19.1. The minimum Gasteiger partial charge on any atom is -0.459 e. The minimum atomic E-state index is -1.73. The number of esters is 1. The Balaban J connectivity index is 2.65. The summed E-state index contributed by atoms with van der Waals surface area (Å²) in [6.07, 6.45) is 0. The molecule has 6 nitrogen and oxygen atoms in total. The van der Waals surface area contributed by atoms with Crippen LogP contribution in [0.2, 0.25) is 0 Å². The number of alkyl halides is 1. The van der Waals surface area contributed by atoms with Crippen LogP contribution in [0, 0.1) is 10.1 Å². The van der Waals surface area contributed by atoms with Crippen LogP contribution in [0.1, 0.15) is 17.3 Å². The largest absolute Gasteiger partial charge is 0.459 e. The monoisotopic (exact) mass is 257 g/mol. The number of aliphatic hydroxyl groups is 1. The van der Waals surface area contributed by atoms with E-state index < -0.39 is 29.8 Å². The van der Waals surface area contributed by atoms with Crippen LogP contribution in [0.15, 0.2) is 24.3 Å². The maximum absolute atomic E-state index is 12.2. The lowest BCUT2D eigenvalue weighted by Crippen LogP contribution is -2.34. The average Bonchev–Trinajstić information content (AvgIpc) is 2.36. The molecule has 1 N–H and O–H groups in total. The number of halogens is 1. The third-order valence-electron chi connectivity index (χ3n) is 2.12. The van der Waals surface area contributed by atoms with Gasteiger partial charge in [0.15, 0.2) is 0 Å². The normalized spacial score (nSPS) is 13.7. The molecule has 0 spiro atoms. The summed E-state index contributed by atoms with van der Waals surface area (Å²) in [4.78, 5) is 21.3. The zero-order valence-electron chi connectivity index (χ0n) is 9.63. The van der Waals surface area contributed by atoms with Gasteiger partial charge in [0, 0.05) is 12.1 Å². The highest BCUT2D eigenvalue weighted by Crippen LogP contribution is 2.13. The van der Waals surface area contributed by atoms with Gasteiger partial charge in [0.25, 0.3) is 5.69 Å². The molecule has 0 aliphatic heterocycles. The number of hydrogen-bond acceptors (Lipinski definition) is 5. The molecule has 0 saturated heterocycles. The molecule has 1 aromatic rings. The van der Waals surface area contributed by atoms with Gasteiger partial charge in [0.1, 0.15) is 18.9 Å². The van der Waals surface area contributed by atoms with Gasteiger partial charge >= 0.3 is 5.97 Å². The second-order valence-electron chi connectivity index (χ2n) is 4.01. The highest BCUT2D eigenvalue weighted by molar-refractivity contribution is 5.89. The zero-order valence-corrected chi connectivity index (χ0v) is 9.63. The van der Waals surface area contributed by atoms with Crippen molar-refractivity contribution in [3.8, 4) is 0 Å².